The maximum absolute atomic E-state index is 14.4. The number of aliphatic hydroxyl groups is 2. The molecule has 3 rings (SSSR count). The van der Waals surface area contributed by atoms with Gasteiger partial charge in [0.05, 0.1) is 36.7 Å². The first-order valence-electron chi connectivity index (χ1n) is 18.3. The predicted octanol–water partition coefficient (Wildman–Crippen LogP) is 3.77. The summed E-state index contributed by atoms with van der Waals surface area (Å²) in [6.45, 7) is 18.1. The van der Waals surface area contributed by atoms with Crippen molar-refractivity contribution in [1.82, 2.24) is 35.9 Å². The summed E-state index contributed by atoms with van der Waals surface area (Å²) >= 11 is 0. The number of aromatic nitrogens is 1. The Balaban J connectivity index is 1.89. The van der Waals surface area contributed by atoms with E-state index in [4.69, 9.17) is 0 Å². The van der Waals surface area contributed by atoms with Crippen LogP contribution < -0.4 is 16.1 Å². The van der Waals surface area contributed by atoms with Crippen molar-refractivity contribution in [3.63, 3.8) is 0 Å². The molecule has 6 N–H and O–H groups in total. The molecule has 1 aromatic heterocycles. The van der Waals surface area contributed by atoms with E-state index in [1.807, 2.05) is 51.1 Å². The molecule has 0 spiro atoms. The Morgan fingerprint density at radius 3 is 2.08 bits per heavy atom. The van der Waals surface area contributed by atoms with Gasteiger partial charge in [-0.25, -0.2) is 14.6 Å². The van der Waals surface area contributed by atoms with Crippen LogP contribution in [0, 0.1) is 16.2 Å². The highest BCUT2D eigenvalue weighted by atomic mass is 16.4. The van der Waals surface area contributed by atoms with Crippen LogP contribution in [0.1, 0.15) is 85.7 Å². The molecule has 1 aromatic carbocycles. The van der Waals surface area contributed by atoms with E-state index in [1.165, 1.54) is 0 Å². The van der Waals surface area contributed by atoms with Gasteiger partial charge in [-0.15, -0.1) is 0 Å². The Kier molecular flexibility index (Phi) is 14.8. The molecule has 1 aliphatic heterocycles. The van der Waals surface area contributed by atoms with E-state index in [0.717, 1.165) is 5.56 Å². The first kappa shape index (κ1) is 43.1. The molecule has 0 radical (unpaired) electrons. The maximum atomic E-state index is 14.4. The fraction of sp³-hybridized carbons (Fsp3) is 0.615. The van der Waals surface area contributed by atoms with Crippen molar-refractivity contribution in [2.45, 2.75) is 113 Å². The minimum absolute atomic E-state index is 0.0694. The lowest BCUT2D eigenvalue weighted by Crippen LogP contribution is -2.61. The van der Waals surface area contributed by atoms with Gasteiger partial charge in [-0.1, -0.05) is 98.7 Å². The molecule has 5 amide bonds. The largest absolute Gasteiger partial charge is 0.465 e. The number of hydrazine groups is 1. The van der Waals surface area contributed by atoms with Gasteiger partial charge in [0.25, 0.3) is 5.91 Å². The van der Waals surface area contributed by atoms with Crippen molar-refractivity contribution in [3.05, 3.63) is 65.5 Å². The standard InChI is InChI=1S/C39H61N7O7/c1-37(2,3)18-19-45(43-33(49)31(38(4,5)6)42-35(51)52)24-30(48)29(22-26-14-11-10-12-15-26)41-34(50)32(39(7,8)9)46-21-20-44(36(46)53)23-27-16-13-17-28(25-47)40-27/h10-17,29-32,42,47-48H,18-25H2,1-9H3,(H,41,50)(H,43,49)(H,51,52)/t29-,30-,31+,32+/m0/s1. The summed E-state index contributed by atoms with van der Waals surface area (Å²) in [5.74, 6) is -0.982. The van der Waals surface area contributed by atoms with Crippen LogP contribution in [0.25, 0.3) is 0 Å². The number of hydrogen-bond acceptors (Lipinski definition) is 8. The van der Waals surface area contributed by atoms with Crippen molar-refractivity contribution in [2.24, 2.45) is 16.2 Å². The van der Waals surface area contributed by atoms with Crippen LogP contribution in [0.5, 0.6) is 0 Å². The zero-order valence-corrected chi connectivity index (χ0v) is 32.8. The minimum atomic E-state index is -1.33. The lowest BCUT2D eigenvalue weighted by molar-refractivity contribution is -0.133. The van der Waals surface area contributed by atoms with Crippen LogP contribution in [0.2, 0.25) is 0 Å². The molecule has 53 heavy (non-hydrogen) atoms. The Morgan fingerprint density at radius 1 is 0.868 bits per heavy atom. The molecule has 0 unspecified atom stereocenters. The summed E-state index contributed by atoms with van der Waals surface area (Å²) in [6, 6.07) is 11.6. The number of hydrogen-bond donors (Lipinski definition) is 6. The maximum Gasteiger partial charge on any atom is 0.405 e. The third-order valence-corrected chi connectivity index (χ3v) is 9.18. The van der Waals surface area contributed by atoms with Crippen LogP contribution in [0.4, 0.5) is 9.59 Å². The third-order valence-electron chi connectivity index (χ3n) is 9.18. The van der Waals surface area contributed by atoms with Crippen molar-refractivity contribution in [1.29, 1.82) is 0 Å². The molecule has 1 fully saturated rings. The smallest absolute Gasteiger partial charge is 0.405 e. The summed E-state index contributed by atoms with van der Waals surface area (Å²) in [7, 11) is 0. The van der Waals surface area contributed by atoms with Gasteiger partial charge in [-0.3, -0.25) is 20.0 Å². The van der Waals surface area contributed by atoms with E-state index >= 15 is 0 Å². The average Bonchev–Trinajstić information content (AvgIpc) is 3.39. The van der Waals surface area contributed by atoms with E-state index in [9.17, 15) is 34.5 Å². The normalized spacial score (nSPS) is 16.3. The number of pyridine rings is 1. The Hall–Kier alpha value is -4.27. The highest BCUT2D eigenvalue weighted by Crippen LogP contribution is 2.29. The van der Waals surface area contributed by atoms with Crippen molar-refractivity contribution < 1.29 is 34.5 Å². The number of carboxylic acid groups (broad SMARTS) is 1. The van der Waals surface area contributed by atoms with Gasteiger partial charge in [0.2, 0.25) is 5.91 Å². The van der Waals surface area contributed by atoms with Gasteiger partial charge < -0.3 is 35.8 Å². The van der Waals surface area contributed by atoms with Crippen molar-refractivity contribution >= 4 is 23.9 Å². The average molecular weight is 740 g/mol. The first-order chi connectivity index (χ1) is 24.6. The molecule has 0 bridgehead atoms. The molecule has 294 valence electrons. The van der Waals surface area contributed by atoms with Crippen LogP contribution >= 0.6 is 0 Å². The monoisotopic (exact) mass is 739 g/mol. The Labute approximate surface area is 314 Å². The summed E-state index contributed by atoms with van der Waals surface area (Å²) in [5, 5.41) is 37.9. The van der Waals surface area contributed by atoms with Gasteiger partial charge in [-0.05, 0) is 46.8 Å². The molecule has 0 aliphatic carbocycles. The number of aliphatic hydroxyl groups excluding tert-OH is 2. The molecule has 14 nitrogen and oxygen atoms in total. The van der Waals surface area contributed by atoms with E-state index in [0.29, 0.717) is 37.4 Å². The second kappa shape index (κ2) is 18.2. The molecule has 0 saturated carbocycles. The fourth-order valence-corrected chi connectivity index (χ4v) is 6.34. The third kappa shape index (κ3) is 13.3. The molecular weight excluding hydrogens is 678 g/mol. The van der Waals surface area contributed by atoms with Gasteiger partial charge in [0.15, 0.2) is 0 Å². The summed E-state index contributed by atoms with van der Waals surface area (Å²) in [4.78, 5) is 60.9. The molecule has 14 heteroatoms. The lowest BCUT2D eigenvalue weighted by atomic mass is 9.84. The van der Waals surface area contributed by atoms with Crippen LogP contribution in [-0.4, -0.2) is 109 Å². The molecule has 4 atom stereocenters. The SMILES string of the molecule is CC(C)(C)CCN(C[C@H](O)[C@H](Cc1ccccc1)NC(=O)[C@@H](N1CCN(Cc2cccc(CO)n2)C1=O)C(C)(C)C)NC(=O)[C@@H](NC(=O)O)C(C)(C)C. The molecule has 1 saturated heterocycles. The zero-order valence-electron chi connectivity index (χ0n) is 32.8. The number of amides is 5. The van der Waals surface area contributed by atoms with Gasteiger partial charge in [0, 0.05) is 26.2 Å². The van der Waals surface area contributed by atoms with Crippen molar-refractivity contribution in [2.75, 3.05) is 26.2 Å². The zero-order chi connectivity index (χ0) is 39.7. The van der Waals surface area contributed by atoms with Crippen LogP contribution in [0.15, 0.2) is 48.5 Å². The summed E-state index contributed by atoms with van der Waals surface area (Å²) in [6.07, 6.45) is -1.60. The second-order valence-electron chi connectivity index (χ2n) is 17.3. The number of carbonyl (C=O) groups is 4. The predicted molar refractivity (Wildman–Crippen MR) is 202 cm³/mol. The topological polar surface area (TPSA) is 188 Å². The van der Waals surface area contributed by atoms with E-state index in [1.54, 1.807) is 53.8 Å². The molecule has 2 aromatic rings. The number of carbonyl (C=O) groups excluding carboxylic acids is 3. The second-order valence-corrected chi connectivity index (χ2v) is 17.3. The first-order valence-corrected chi connectivity index (χ1v) is 18.3. The van der Waals surface area contributed by atoms with Gasteiger partial charge in [-0.2, -0.15) is 0 Å². The van der Waals surface area contributed by atoms with Crippen LogP contribution in [0.3, 0.4) is 0 Å². The summed E-state index contributed by atoms with van der Waals surface area (Å²) < 4.78 is 0. The summed E-state index contributed by atoms with van der Waals surface area (Å²) in [5.41, 5.74) is 3.31. The van der Waals surface area contributed by atoms with Gasteiger partial charge in [0.1, 0.15) is 12.1 Å². The highest BCUT2D eigenvalue weighted by Gasteiger charge is 2.44. The number of rotatable bonds is 16. The fourth-order valence-electron chi connectivity index (χ4n) is 6.34. The minimum Gasteiger partial charge on any atom is -0.465 e. The van der Waals surface area contributed by atoms with E-state index < -0.39 is 53.0 Å². The van der Waals surface area contributed by atoms with Gasteiger partial charge >= 0.3 is 12.1 Å². The number of nitrogens with one attached hydrogen (secondary N) is 3. The van der Waals surface area contributed by atoms with E-state index in [-0.39, 0.29) is 37.6 Å². The molecule has 2 heterocycles. The quantitative estimate of drug-likeness (QED) is 0.139. The number of nitrogens with zero attached hydrogens (tertiary/aromatic N) is 4. The Morgan fingerprint density at radius 2 is 1.51 bits per heavy atom. The Bertz CT molecular complexity index is 1540. The lowest BCUT2D eigenvalue weighted by Gasteiger charge is -2.38. The number of urea groups is 1. The van der Waals surface area contributed by atoms with E-state index in [2.05, 4.69) is 41.8 Å². The highest BCUT2D eigenvalue weighted by molar-refractivity contribution is 5.89. The molecular formula is C39H61N7O7. The number of benzene rings is 1. The van der Waals surface area contributed by atoms with Crippen LogP contribution in [-0.2, 0) is 29.2 Å². The molecule has 1 aliphatic rings. The van der Waals surface area contributed by atoms with Crippen molar-refractivity contribution in [3.8, 4) is 0 Å².